The monoisotopic (exact) mass is 182 g/mol. The van der Waals surface area contributed by atoms with Gasteiger partial charge in [0, 0.05) is 12.2 Å². The molecule has 1 heterocycles. The highest BCUT2D eigenvalue weighted by atomic mass is 16.4. The molecule has 0 aliphatic rings. The third-order valence-corrected chi connectivity index (χ3v) is 2.23. The van der Waals surface area contributed by atoms with E-state index in [1.165, 1.54) is 0 Å². The first kappa shape index (κ1) is 9.80. The van der Waals surface area contributed by atoms with Gasteiger partial charge >= 0.3 is 5.97 Å². The molecule has 0 bridgehead atoms. The van der Waals surface area contributed by atoms with Gasteiger partial charge in [-0.1, -0.05) is 0 Å². The second kappa shape index (κ2) is 3.62. The Kier molecular flexibility index (Phi) is 2.72. The molecule has 0 saturated heterocycles. The third kappa shape index (κ3) is 1.72. The minimum Gasteiger partial charge on any atom is -0.477 e. The molecule has 3 N–H and O–H groups in total. The molecule has 0 atom stereocenters. The molecule has 1 rings (SSSR count). The number of aromatic amines is 1. The molecule has 0 saturated carbocycles. The Morgan fingerprint density at radius 2 is 2.08 bits per heavy atom. The van der Waals surface area contributed by atoms with Crippen LogP contribution in [0.5, 0.6) is 0 Å². The molecule has 0 aliphatic carbocycles. The molecule has 0 fully saturated rings. The maximum atomic E-state index is 10.7. The van der Waals surface area contributed by atoms with Crippen LogP contribution >= 0.6 is 0 Å². The molecule has 4 heteroatoms. The molecule has 1 aromatic rings. The molecule has 72 valence electrons. The van der Waals surface area contributed by atoms with Gasteiger partial charge in [0.05, 0.1) is 0 Å². The van der Waals surface area contributed by atoms with E-state index in [0.717, 1.165) is 16.8 Å². The summed E-state index contributed by atoms with van der Waals surface area (Å²) in [6.07, 6.45) is 0. The third-order valence-electron chi connectivity index (χ3n) is 2.23. The van der Waals surface area contributed by atoms with E-state index in [2.05, 4.69) is 10.3 Å². The van der Waals surface area contributed by atoms with Crippen LogP contribution < -0.4 is 5.32 Å². The number of nitrogens with one attached hydrogen (secondary N) is 2. The zero-order chi connectivity index (χ0) is 10.0. The number of hydrogen-bond donors (Lipinski definition) is 3. The Morgan fingerprint density at radius 1 is 1.46 bits per heavy atom. The average Bonchev–Trinajstić information content (AvgIpc) is 2.33. The summed E-state index contributed by atoms with van der Waals surface area (Å²) in [6.45, 7) is 4.40. The van der Waals surface area contributed by atoms with Crippen molar-refractivity contribution in [2.24, 2.45) is 0 Å². The van der Waals surface area contributed by atoms with Gasteiger partial charge in [0.15, 0.2) is 0 Å². The molecule has 13 heavy (non-hydrogen) atoms. The highest BCUT2D eigenvalue weighted by molar-refractivity contribution is 5.88. The lowest BCUT2D eigenvalue weighted by molar-refractivity contribution is 0.0690. The molecule has 0 spiro atoms. The molecule has 1 aromatic heterocycles. The standard InChI is InChI=1S/C9H14N2O2/c1-5-6(2)8(9(12)13)11-7(5)4-10-3/h10-11H,4H2,1-3H3,(H,12,13). The molecule has 0 aromatic carbocycles. The zero-order valence-corrected chi connectivity index (χ0v) is 8.06. The van der Waals surface area contributed by atoms with Crippen molar-refractivity contribution in [2.45, 2.75) is 20.4 Å². The van der Waals surface area contributed by atoms with Gasteiger partial charge in [0.25, 0.3) is 0 Å². The van der Waals surface area contributed by atoms with Gasteiger partial charge in [-0.25, -0.2) is 4.79 Å². The van der Waals surface area contributed by atoms with Gasteiger partial charge in [-0.15, -0.1) is 0 Å². The highest BCUT2D eigenvalue weighted by Crippen LogP contribution is 2.16. The summed E-state index contributed by atoms with van der Waals surface area (Å²) in [5.74, 6) is -0.900. The van der Waals surface area contributed by atoms with Crippen molar-refractivity contribution in [2.75, 3.05) is 7.05 Å². The number of rotatable bonds is 3. The second-order valence-corrected chi connectivity index (χ2v) is 3.06. The Labute approximate surface area is 77.0 Å². The van der Waals surface area contributed by atoms with E-state index in [1.807, 2.05) is 20.9 Å². The van der Waals surface area contributed by atoms with Crippen molar-refractivity contribution >= 4 is 5.97 Å². The van der Waals surface area contributed by atoms with Crippen LogP contribution in [0.25, 0.3) is 0 Å². The number of carboxylic acids is 1. The van der Waals surface area contributed by atoms with Gasteiger partial charge in [-0.2, -0.15) is 0 Å². The molecule has 4 nitrogen and oxygen atoms in total. The van der Waals surface area contributed by atoms with Gasteiger partial charge in [-0.05, 0) is 32.0 Å². The van der Waals surface area contributed by atoms with Crippen LogP contribution in [-0.4, -0.2) is 23.1 Å². The maximum absolute atomic E-state index is 10.7. The highest BCUT2D eigenvalue weighted by Gasteiger charge is 2.14. The second-order valence-electron chi connectivity index (χ2n) is 3.06. The van der Waals surface area contributed by atoms with Crippen LogP contribution in [0.3, 0.4) is 0 Å². The van der Waals surface area contributed by atoms with Gasteiger partial charge in [0.2, 0.25) is 0 Å². The Bertz CT molecular complexity index is 329. The number of H-pyrrole nitrogens is 1. The fraction of sp³-hybridized carbons (Fsp3) is 0.444. The summed E-state index contributed by atoms with van der Waals surface area (Å²) in [4.78, 5) is 13.6. The Hall–Kier alpha value is -1.29. The van der Waals surface area contributed by atoms with Crippen molar-refractivity contribution in [1.29, 1.82) is 0 Å². The number of aromatic nitrogens is 1. The van der Waals surface area contributed by atoms with Crippen molar-refractivity contribution in [3.05, 3.63) is 22.5 Å². The molecular formula is C9H14N2O2. The zero-order valence-electron chi connectivity index (χ0n) is 8.06. The number of aromatic carboxylic acids is 1. The van der Waals surface area contributed by atoms with Crippen LogP contribution in [0.4, 0.5) is 0 Å². The molecule has 0 radical (unpaired) electrons. The van der Waals surface area contributed by atoms with Gasteiger partial charge in [-0.3, -0.25) is 0 Å². The fourth-order valence-electron chi connectivity index (χ4n) is 1.32. The van der Waals surface area contributed by atoms with Crippen molar-refractivity contribution in [3.63, 3.8) is 0 Å². The average molecular weight is 182 g/mol. The van der Waals surface area contributed by atoms with E-state index >= 15 is 0 Å². The number of carbonyl (C=O) groups is 1. The van der Waals surface area contributed by atoms with Crippen molar-refractivity contribution in [3.8, 4) is 0 Å². The fourth-order valence-corrected chi connectivity index (χ4v) is 1.32. The normalized spacial score (nSPS) is 10.4. The van der Waals surface area contributed by atoms with E-state index in [0.29, 0.717) is 12.2 Å². The predicted octanol–water partition coefficient (Wildman–Crippen LogP) is 1.05. The topological polar surface area (TPSA) is 65.1 Å². The minimum atomic E-state index is -0.900. The van der Waals surface area contributed by atoms with E-state index in [1.54, 1.807) is 0 Å². The van der Waals surface area contributed by atoms with Crippen LogP contribution in [-0.2, 0) is 6.54 Å². The lowest BCUT2D eigenvalue weighted by Crippen LogP contribution is -2.07. The first-order chi connectivity index (χ1) is 6.07. The first-order valence-corrected chi connectivity index (χ1v) is 4.13. The smallest absolute Gasteiger partial charge is 0.352 e. The minimum absolute atomic E-state index is 0.294. The van der Waals surface area contributed by atoms with Crippen LogP contribution in [0, 0.1) is 13.8 Å². The summed E-state index contributed by atoms with van der Waals surface area (Å²) in [6, 6.07) is 0. The molecular weight excluding hydrogens is 168 g/mol. The summed E-state index contributed by atoms with van der Waals surface area (Å²) >= 11 is 0. The Morgan fingerprint density at radius 3 is 2.46 bits per heavy atom. The first-order valence-electron chi connectivity index (χ1n) is 4.13. The molecule has 0 aliphatic heterocycles. The van der Waals surface area contributed by atoms with Crippen molar-refractivity contribution in [1.82, 2.24) is 10.3 Å². The molecule has 0 unspecified atom stereocenters. The lowest BCUT2D eigenvalue weighted by atomic mass is 10.1. The predicted molar refractivity (Wildman–Crippen MR) is 50.0 cm³/mol. The summed E-state index contributed by atoms with van der Waals surface area (Å²) < 4.78 is 0. The van der Waals surface area contributed by atoms with Crippen LogP contribution in [0.2, 0.25) is 0 Å². The van der Waals surface area contributed by atoms with Crippen molar-refractivity contribution < 1.29 is 9.90 Å². The quantitative estimate of drug-likeness (QED) is 0.654. The maximum Gasteiger partial charge on any atom is 0.352 e. The van der Waals surface area contributed by atoms with Crippen LogP contribution in [0.1, 0.15) is 27.3 Å². The largest absolute Gasteiger partial charge is 0.477 e. The number of carboxylic acid groups (broad SMARTS) is 1. The summed E-state index contributed by atoms with van der Waals surface area (Å²) in [5.41, 5.74) is 3.07. The molecule has 0 amide bonds. The van der Waals surface area contributed by atoms with Gasteiger partial charge in [0.1, 0.15) is 5.69 Å². The SMILES string of the molecule is CNCc1[nH]c(C(=O)O)c(C)c1C. The summed E-state index contributed by atoms with van der Waals surface area (Å²) in [5, 5.41) is 11.8. The lowest BCUT2D eigenvalue weighted by Gasteiger charge is -1.97. The van der Waals surface area contributed by atoms with E-state index in [9.17, 15) is 4.79 Å². The Balaban J connectivity index is 3.12. The van der Waals surface area contributed by atoms with E-state index in [4.69, 9.17) is 5.11 Å². The van der Waals surface area contributed by atoms with E-state index < -0.39 is 5.97 Å². The van der Waals surface area contributed by atoms with E-state index in [-0.39, 0.29) is 0 Å². The summed E-state index contributed by atoms with van der Waals surface area (Å²) in [7, 11) is 1.83. The number of hydrogen-bond acceptors (Lipinski definition) is 2. The van der Waals surface area contributed by atoms with Gasteiger partial charge < -0.3 is 15.4 Å². The van der Waals surface area contributed by atoms with Crippen LogP contribution in [0.15, 0.2) is 0 Å².